The number of hydrogen-bond acceptors (Lipinski definition) is 3. The highest BCUT2D eigenvalue weighted by Crippen LogP contribution is 2.35. The summed E-state index contributed by atoms with van der Waals surface area (Å²) in [6, 6.07) is 9.38. The maximum atomic E-state index is 12.8. The summed E-state index contributed by atoms with van der Waals surface area (Å²) in [6.45, 7) is 3.29. The molecule has 2 aliphatic heterocycles. The molecule has 3 fully saturated rings. The minimum atomic E-state index is -0.114. The van der Waals surface area contributed by atoms with E-state index in [1.807, 2.05) is 40.1 Å². The zero-order valence-corrected chi connectivity index (χ0v) is 15.9. The van der Waals surface area contributed by atoms with Crippen molar-refractivity contribution in [2.24, 2.45) is 0 Å². The summed E-state index contributed by atoms with van der Waals surface area (Å²) in [5.41, 5.74) is 0.595. The van der Waals surface area contributed by atoms with Crippen molar-refractivity contribution in [2.75, 3.05) is 32.8 Å². The Morgan fingerprint density at radius 3 is 2.59 bits per heavy atom. The largest absolute Gasteiger partial charge is 0.371 e. The molecular weight excluding hydrogens is 342 g/mol. The van der Waals surface area contributed by atoms with Gasteiger partial charge in [0.25, 0.3) is 5.91 Å². The lowest BCUT2D eigenvalue weighted by molar-refractivity contribution is -0.0928. The number of ether oxygens (including phenoxy) is 1. The topological polar surface area (TPSA) is 61.9 Å². The van der Waals surface area contributed by atoms with Crippen molar-refractivity contribution >= 4 is 11.9 Å². The van der Waals surface area contributed by atoms with Gasteiger partial charge in [-0.3, -0.25) is 4.79 Å². The normalized spacial score (nSPS) is 24.8. The average molecular weight is 371 g/mol. The average Bonchev–Trinajstić information content (AvgIpc) is 3.15. The highest BCUT2D eigenvalue weighted by Gasteiger charge is 2.41. The Kier molecular flexibility index (Phi) is 5.34. The van der Waals surface area contributed by atoms with Gasteiger partial charge in [-0.15, -0.1) is 0 Å². The number of hydrogen-bond donors (Lipinski definition) is 1. The molecule has 1 aromatic rings. The second-order valence-corrected chi connectivity index (χ2v) is 8.07. The van der Waals surface area contributed by atoms with E-state index in [4.69, 9.17) is 4.74 Å². The molecule has 146 valence electrons. The Balaban J connectivity index is 1.33. The van der Waals surface area contributed by atoms with E-state index in [-0.39, 0.29) is 23.6 Å². The molecule has 1 atom stereocenters. The minimum absolute atomic E-state index is 0.0106. The monoisotopic (exact) mass is 371 g/mol. The molecule has 4 rings (SSSR count). The summed E-state index contributed by atoms with van der Waals surface area (Å²) in [6.07, 6.45) is 6.32. The highest BCUT2D eigenvalue weighted by atomic mass is 16.5. The van der Waals surface area contributed by atoms with Gasteiger partial charge in [0.2, 0.25) is 0 Å². The highest BCUT2D eigenvalue weighted by molar-refractivity contribution is 5.94. The predicted octanol–water partition coefficient (Wildman–Crippen LogP) is 2.65. The third-order valence-corrected chi connectivity index (χ3v) is 6.11. The van der Waals surface area contributed by atoms with Crippen LogP contribution in [0.1, 0.15) is 48.9 Å². The van der Waals surface area contributed by atoms with E-state index in [2.05, 4.69) is 5.32 Å². The SMILES string of the molecule is O=C(NC1CCCN(C(=O)c2ccccc2)C1)N1CCOC2(CCCC2)C1. The van der Waals surface area contributed by atoms with E-state index in [0.717, 1.165) is 32.2 Å². The third-order valence-electron chi connectivity index (χ3n) is 6.11. The molecule has 1 N–H and O–H groups in total. The standard InChI is InChI=1S/C21H29N3O3/c25-19(17-7-2-1-3-8-17)23-12-6-9-18(15-23)22-20(26)24-13-14-27-21(16-24)10-4-5-11-21/h1-3,7-8,18H,4-6,9-16H2,(H,22,26). The summed E-state index contributed by atoms with van der Waals surface area (Å²) in [4.78, 5) is 29.3. The predicted molar refractivity (Wildman–Crippen MR) is 103 cm³/mol. The summed E-state index contributed by atoms with van der Waals surface area (Å²) in [5, 5.41) is 3.17. The minimum Gasteiger partial charge on any atom is -0.371 e. The molecule has 0 bridgehead atoms. The van der Waals surface area contributed by atoms with Crippen LogP contribution in [0.4, 0.5) is 4.79 Å². The van der Waals surface area contributed by atoms with Crippen LogP contribution in [0.15, 0.2) is 30.3 Å². The number of nitrogens with one attached hydrogen (secondary N) is 1. The van der Waals surface area contributed by atoms with Crippen molar-refractivity contribution in [2.45, 2.75) is 50.2 Å². The first-order valence-corrected chi connectivity index (χ1v) is 10.2. The second kappa shape index (κ2) is 7.89. The second-order valence-electron chi connectivity index (χ2n) is 8.07. The Morgan fingerprint density at radius 1 is 1.04 bits per heavy atom. The maximum Gasteiger partial charge on any atom is 0.317 e. The van der Waals surface area contributed by atoms with Gasteiger partial charge < -0.3 is 19.9 Å². The number of urea groups is 1. The number of carbonyl (C=O) groups excluding carboxylic acids is 2. The maximum absolute atomic E-state index is 12.8. The quantitative estimate of drug-likeness (QED) is 0.869. The number of benzene rings is 1. The molecule has 0 radical (unpaired) electrons. The number of carbonyl (C=O) groups is 2. The van der Waals surface area contributed by atoms with Crippen LogP contribution in [0.2, 0.25) is 0 Å². The van der Waals surface area contributed by atoms with E-state index in [1.165, 1.54) is 12.8 Å². The number of morpholine rings is 1. The Hall–Kier alpha value is -2.08. The lowest BCUT2D eigenvalue weighted by Crippen LogP contribution is -2.58. The molecule has 6 heteroatoms. The fraction of sp³-hybridized carbons (Fsp3) is 0.619. The molecule has 1 saturated carbocycles. The fourth-order valence-corrected chi connectivity index (χ4v) is 4.65. The first-order chi connectivity index (χ1) is 13.2. The third kappa shape index (κ3) is 4.10. The van der Waals surface area contributed by atoms with Gasteiger partial charge in [-0.25, -0.2) is 4.79 Å². The molecule has 27 heavy (non-hydrogen) atoms. The van der Waals surface area contributed by atoms with Gasteiger partial charge in [0, 0.05) is 31.2 Å². The zero-order valence-electron chi connectivity index (χ0n) is 15.9. The Morgan fingerprint density at radius 2 is 1.81 bits per heavy atom. The van der Waals surface area contributed by atoms with E-state index in [0.29, 0.717) is 31.8 Å². The summed E-state index contributed by atoms with van der Waals surface area (Å²) >= 11 is 0. The first kappa shape index (κ1) is 18.3. The first-order valence-electron chi connectivity index (χ1n) is 10.2. The lowest BCUT2D eigenvalue weighted by Gasteiger charge is -2.41. The molecule has 2 heterocycles. The molecule has 1 aliphatic carbocycles. The van der Waals surface area contributed by atoms with Crippen molar-refractivity contribution in [1.82, 2.24) is 15.1 Å². The molecule has 2 saturated heterocycles. The van der Waals surface area contributed by atoms with Crippen molar-refractivity contribution in [1.29, 1.82) is 0 Å². The van der Waals surface area contributed by atoms with Gasteiger partial charge in [-0.05, 0) is 37.8 Å². The van der Waals surface area contributed by atoms with Crippen molar-refractivity contribution in [3.63, 3.8) is 0 Å². The van der Waals surface area contributed by atoms with Gasteiger partial charge in [0.05, 0.1) is 18.8 Å². The summed E-state index contributed by atoms with van der Waals surface area (Å²) < 4.78 is 6.02. The van der Waals surface area contributed by atoms with E-state index in [1.54, 1.807) is 0 Å². The van der Waals surface area contributed by atoms with E-state index >= 15 is 0 Å². The molecule has 1 spiro atoms. The van der Waals surface area contributed by atoms with Crippen LogP contribution in [-0.2, 0) is 4.74 Å². The van der Waals surface area contributed by atoms with Crippen molar-refractivity contribution < 1.29 is 14.3 Å². The molecule has 3 amide bonds. The molecule has 0 aromatic heterocycles. The van der Waals surface area contributed by atoms with Crippen LogP contribution in [0, 0.1) is 0 Å². The Bertz CT molecular complexity index is 673. The van der Waals surface area contributed by atoms with Crippen LogP contribution in [0.5, 0.6) is 0 Å². The van der Waals surface area contributed by atoms with Crippen LogP contribution in [0.25, 0.3) is 0 Å². The van der Waals surface area contributed by atoms with Gasteiger partial charge >= 0.3 is 6.03 Å². The van der Waals surface area contributed by atoms with Gasteiger partial charge in [0.15, 0.2) is 0 Å². The number of rotatable bonds is 2. The summed E-state index contributed by atoms with van der Waals surface area (Å²) in [7, 11) is 0. The fourth-order valence-electron chi connectivity index (χ4n) is 4.65. The molecule has 6 nitrogen and oxygen atoms in total. The van der Waals surface area contributed by atoms with Crippen LogP contribution in [0.3, 0.4) is 0 Å². The molecule has 3 aliphatic rings. The number of piperidine rings is 1. The molecule has 1 unspecified atom stereocenters. The number of likely N-dealkylation sites (tertiary alicyclic amines) is 1. The van der Waals surface area contributed by atoms with E-state index < -0.39 is 0 Å². The summed E-state index contributed by atoms with van der Waals surface area (Å²) in [5.74, 6) is 0.0471. The van der Waals surface area contributed by atoms with Gasteiger partial charge in [-0.1, -0.05) is 31.0 Å². The van der Waals surface area contributed by atoms with E-state index in [9.17, 15) is 9.59 Å². The smallest absolute Gasteiger partial charge is 0.317 e. The van der Waals surface area contributed by atoms with Crippen molar-refractivity contribution in [3.05, 3.63) is 35.9 Å². The number of amides is 3. The van der Waals surface area contributed by atoms with Crippen LogP contribution >= 0.6 is 0 Å². The van der Waals surface area contributed by atoms with Gasteiger partial charge in [0.1, 0.15) is 0 Å². The van der Waals surface area contributed by atoms with Crippen LogP contribution in [-0.4, -0.2) is 66.2 Å². The number of nitrogens with zero attached hydrogens (tertiary/aromatic N) is 2. The van der Waals surface area contributed by atoms with Crippen molar-refractivity contribution in [3.8, 4) is 0 Å². The van der Waals surface area contributed by atoms with Gasteiger partial charge in [-0.2, -0.15) is 0 Å². The van der Waals surface area contributed by atoms with Crippen LogP contribution < -0.4 is 5.32 Å². The lowest BCUT2D eigenvalue weighted by atomic mass is 10.00. The Labute approximate surface area is 160 Å². The zero-order chi connectivity index (χ0) is 18.7. The molecular formula is C21H29N3O3. The molecule has 1 aromatic carbocycles.